The zero-order valence-corrected chi connectivity index (χ0v) is 14.6. The molecule has 6 heteroatoms. The Morgan fingerprint density at radius 2 is 1.21 bits per heavy atom. The first-order valence-electron chi connectivity index (χ1n) is 8.74. The third-order valence-corrected chi connectivity index (χ3v) is 4.57. The molecule has 0 amide bonds. The van der Waals surface area contributed by atoms with Crippen molar-refractivity contribution < 1.29 is 8.78 Å². The van der Waals surface area contributed by atoms with Crippen molar-refractivity contribution in [2.45, 2.75) is 0 Å². The molecule has 2 heterocycles. The van der Waals surface area contributed by atoms with Crippen LogP contribution in [0.1, 0.15) is 0 Å². The Kier molecular flexibility index (Phi) is 3.76. The van der Waals surface area contributed by atoms with E-state index in [0.717, 1.165) is 22.2 Å². The summed E-state index contributed by atoms with van der Waals surface area (Å²) in [5.74, 6) is 0.511. The lowest BCUT2D eigenvalue weighted by Gasteiger charge is -2.03. The van der Waals surface area contributed by atoms with Crippen LogP contribution in [-0.2, 0) is 0 Å². The van der Waals surface area contributed by atoms with Crippen molar-refractivity contribution in [1.29, 1.82) is 0 Å². The molecule has 0 fully saturated rings. The van der Waals surface area contributed by atoms with Gasteiger partial charge in [0.1, 0.15) is 11.6 Å². The topological polar surface area (TPSA) is 57.4 Å². The maximum absolute atomic E-state index is 13.4. The molecule has 0 aliphatic heterocycles. The Morgan fingerprint density at radius 1 is 0.607 bits per heavy atom. The van der Waals surface area contributed by atoms with Crippen LogP contribution in [0.15, 0.2) is 72.8 Å². The minimum atomic E-state index is -0.319. The van der Waals surface area contributed by atoms with Gasteiger partial charge in [-0.1, -0.05) is 12.1 Å². The molecule has 5 aromatic rings. The number of hydrogen-bond acceptors (Lipinski definition) is 2. The minimum Gasteiger partial charge on any atom is -0.335 e. The first kappa shape index (κ1) is 16.4. The summed E-state index contributed by atoms with van der Waals surface area (Å²) in [5, 5.41) is 0. The van der Waals surface area contributed by atoms with Crippen LogP contribution in [0.5, 0.6) is 0 Å². The van der Waals surface area contributed by atoms with Crippen molar-refractivity contribution >= 4 is 11.0 Å². The molecule has 0 bridgehead atoms. The van der Waals surface area contributed by atoms with Crippen molar-refractivity contribution in [1.82, 2.24) is 19.9 Å². The molecule has 4 nitrogen and oxygen atoms in total. The van der Waals surface area contributed by atoms with Crippen molar-refractivity contribution in [3.8, 4) is 34.2 Å². The van der Waals surface area contributed by atoms with Gasteiger partial charge in [-0.3, -0.25) is 0 Å². The van der Waals surface area contributed by atoms with Crippen LogP contribution < -0.4 is 0 Å². The zero-order valence-electron chi connectivity index (χ0n) is 14.6. The molecule has 2 aromatic heterocycles. The fourth-order valence-corrected chi connectivity index (χ4v) is 3.19. The maximum atomic E-state index is 13.4. The number of H-pyrrole nitrogens is 2. The number of aromatic nitrogens is 4. The lowest BCUT2D eigenvalue weighted by Crippen LogP contribution is -1.85. The number of aromatic amines is 2. The second-order valence-corrected chi connectivity index (χ2v) is 6.43. The second kappa shape index (κ2) is 6.42. The zero-order chi connectivity index (χ0) is 19.1. The fraction of sp³-hybridized carbons (Fsp3) is 0. The largest absolute Gasteiger partial charge is 0.335 e. The van der Waals surface area contributed by atoms with Crippen molar-refractivity contribution in [2.24, 2.45) is 0 Å². The van der Waals surface area contributed by atoms with Crippen molar-refractivity contribution in [2.75, 3.05) is 0 Å². The average Bonchev–Trinajstić information content (AvgIpc) is 3.33. The van der Waals surface area contributed by atoms with Crippen molar-refractivity contribution in [3.63, 3.8) is 0 Å². The van der Waals surface area contributed by atoms with E-state index >= 15 is 0 Å². The Labute approximate surface area is 158 Å². The summed E-state index contributed by atoms with van der Waals surface area (Å²) >= 11 is 0. The van der Waals surface area contributed by atoms with Gasteiger partial charge in [0.2, 0.25) is 0 Å². The highest BCUT2D eigenvalue weighted by molar-refractivity contribution is 5.82. The predicted molar refractivity (Wildman–Crippen MR) is 104 cm³/mol. The number of para-hydroxylation sites is 2. The van der Waals surface area contributed by atoms with Gasteiger partial charge in [-0.05, 0) is 60.7 Å². The monoisotopic (exact) mass is 372 g/mol. The molecule has 0 saturated heterocycles. The first-order chi connectivity index (χ1) is 13.7. The van der Waals surface area contributed by atoms with Gasteiger partial charge in [-0.15, -0.1) is 0 Å². The minimum absolute atomic E-state index is 0.316. The second-order valence-electron chi connectivity index (χ2n) is 6.43. The number of imidazole rings is 2. The van der Waals surface area contributed by atoms with E-state index in [0.29, 0.717) is 23.0 Å². The molecule has 5 rings (SSSR count). The highest BCUT2D eigenvalue weighted by Gasteiger charge is 2.17. The van der Waals surface area contributed by atoms with Crippen LogP contribution in [-0.4, -0.2) is 19.9 Å². The number of nitrogens with zero attached hydrogens (tertiary/aromatic N) is 2. The molecule has 0 aliphatic rings. The SMILES string of the molecule is Fc1ccc(-c2nc(-c3nc4ccccc4[nH]3)[nH]c2-c2ccc(F)cc2)cc1. The predicted octanol–water partition coefficient (Wildman–Crippen LogP) is 5.57. The van der Waals surface area contributed by atoms with Gasteiger partial charge in [-0.25, -0.2) is 18.7 Å². The van der Waals surface area contributed by atoms with Gasteiger partial charge in [0, 0.05) is 11.1 Å². The molecule has 3 aromatic carbocycles. The molecule has 0 atom stereocenters. The van der Waals surface area contributed by atoms with Gasteiger partial charge in [0.15, 0.2) is 11.6 Å². The molecule has 0 saturated carbocycles. The molecule has 0 spiro atoms. The van der Waals surface area contributed by atoms with Crippen LogP contribution in [0.2, 0.25) is 0 Å². The van der Waals surface area contributed by atoms with E-state index in [9.17, 15) is 8.78 Å². The molecular formula is C22H14F2N4. The summed E-state index contributed by atoms with van der Waals surface area (Å²) < 4.78 is 26.7. The van der Waals surface area contributed by atoms with E-state index in [-0.39, 0.29) is 11.6 Å². The normalized spacial score (nSPS) is 11.2. The summed E-state index contributed by atoms with van der Waals surface area (Å²) in [6, 6.07) is 20.0. The number of halogens is 2. The highest BCUT2D eigenvalue weighted by atomic mass is 19.1. The molecule has 2 N–H and O–H groups in total. The van der Waals surface area contributed by atoms with Crippen LogP contribution in [0, 0.1) is 11.6 Å². The first-order valence-corrected chi connectivity index (χ1v) is 8.74. The molecule has 28 heavy (non-hydrogen) atoms. The summed E-state index contributed by atoms with van der Waals surface area (Å²) in [7, 11) is 0. The molecule has 136 valence electrons. The lowest BCUT2D eigenvalue weighted by molar-refractivity contribution is 0.627. The van der Waals surface area contributed by atoms with Crippen LogP contribution >= 0.6 is 0 Å². The van der Waals surface area contributed by atoms with Gasteiger partial charge < -0.3 is 9.97 Å². The third-order valence-electron chi connectivity index (χ3n) is 4.57. The highest BCUT2D eigenvalue weighted by Crippen LogP contribution is 2.33. The van der Waals surface area contributed by atoms with E-state index in [2.05, 4.69) is 15.0 Å². The smallest absolute Gasteiger partial charge is 0.174 e. The third kappa shape index (κ3) is 2.85. The Hall–Kier alpha value is -3.80. The van der Waals surface area contributed by atoms with Crippen LogP contribution in [0.3, 0.4) is 0 Å². The summed E-state index contributed by atoms with van der Waals surface area (Å²) in [6.07, 6.45) is 0. The van der Waals surface area contributed by atoms with E-state index in [1.807, 2.05) is 24.3 Å². The van der Waals surface area contributed by atoms with E-state index in [4.69, 9.17) is 4.98 Å². The molecule has 0 radical (unpaired) electrons. The summed E-state index contributed by atoms with van der Waals surface area (Å²) in [4.78, 5) is 15.8. The number of fused-ring (bicyclic) bond motifs is 1. The summed E-state index contributed by atoms with van der Waals surface area (Å²) in [5.41, 5.74) is 4.61. The molecule has 0 unspecified atom stereocenters. The van der Waals surface area contributed by atoms with Crippen molar-refractivity contribution in [3.05, 3.63) is 84.4 Å². The number of nitrogens with one attached hydrogen (secondary N) is 2. The van der Waals surface area contributed by atoms with E-state index < -0.39 is 0 Å². The maximum Gasteiger partial charge on any atom is 0.174 e. The van der Waals surface area contributed by atoms with Gasteiger partial charge >= 0.3 is 0 Å². The fourth-order valence-electron chi connectivity index (χ4n) is 3.19. The van der Waals surface area contributed by atoms with Gasteiger partial charge in [-0.2, -0.15) is 0 Å². The van der Waals surface area contributed by atoms with Gasteiger partial charge in [0.25, 0.3) is 0 Å². The Bertz CT molecular complexity index is 1170. The molecular weight excluding hydrogens is 358 g/mol. The average molecular weight is 372 g/mol. The number of hydrogen-bond donors (Lipinski definition) is 2. The summed E-state index contributed by atoms with van der Waals surface area (Å²) in [6.45, 7) is 0. The van der Waals surface area contributed by atoms with E-state index in [1.165, 1.54) is 24.3 Å². The van der Waals surface area contributed by atoms with Crippen LogP contribution in [0.4, 0.5) is 8.78 Å². The Morgan fingerprint density at radius 3 is 1.89 bits per heavy atom. The lowest BCUT2D eigenvalue weighted by atomic mass is 10.1. The molecule has 0 aliphatic carbocycles. The number of benzene rings is 3. The quantitative estimate of drug-likeness (QED) is 0.435. The Balaban J connectivity index is 1.69. The van der Waals surface area contributed by atoms with Crippen LogP contribution in [0.25, 0.3) is 45.2 Å². The van der Waals surface area contributed by atoms with E-state index in [1.54, 1.807) is 24.3 Å². The van der Waals surface area contributed by atoms with Gasteiger partial charge in [0.05, 0.1) is 22.4 Å². The number of rotatable bonds is 3. The standard InChI is InChI=1S/C22H14F2N4/c23-15-9-5-13(6-10-15)19-20(14-7-11-16(24)12-8-14)28-22(27-19)21-25-17-3-1-2-4-18(17)26-21/h1-12H,(H,25,26)(H,27,28).